The van der Waals surface area contributed by atoms with Crippen LogP contribution in [0.4, 0.5) is 0 Å². The molecule has 202 valence electrons. The minimum Gasteiger partial charge on any atom is -0.508 e. The van der Waals surface area contributed by atoms with Crippen LogP contribution in [0.25, 0.3) is 0 Å². The number of rotatable bonds is 12. The summed E-state index contributed by atoms with van der Waals surface area (Å²) in [5, 5.41) is 24.9. The van der Waals surface area contributed by atoms with Gasteiger partial charge in [-0.2, -0.15) is 0 Å². The zero-order valence-electron chi connectivity index (χ0n) is 22.9. The van der Waals surface area contributed by atoms with Crippen molar-refractivity contribution >= 4 is 0 Å². The van der Waals surface area contributed by atoms with Crippen LogP contribution in [0.3, 0.4) is 0 Å². The van der Waals surface area contributed by atoms with Gasteiger partial charge in [-0.1, -0.05) is 57.6 Å². The largest absolute Gasteiger partial charge is 0.508 e. The van der Waals surface area contributed by atoms with E-state index in [1.807, 2.05) is 30.5 Å². The Labute approximate surface area is 224 Å². The summed E-state index contributed by atoms with van der Waals surface area (Å²) in [5.41, 5.74) is 4.07. The fourth-order valence-corrected chi connectivity index (χ4v) is 8.26. The van der Waals surface area contributed by atoms with Crippen molar-refractivity contribution in [3.05, 3.63) is 59.4 Å². The average molecular weight is 505 g/mol. The molecule has 3 unspecified atom stereocenters. The predicted molar refractivity (Wildman–Crippen MR) is 150 cm³/mol. The van der Waals surface area contributed by atoms with E-state index in [2.05, 4.69) is 29.4 Å². The molecule has 5 rings (SSSR count). The molecule has 1 heterocycles. The number of fused-ring (bicyclic) bond motifs is 5. The van der Waals surface area contributed by atoms with Crippen molar-refractivity contribution < 1.29 is 10.2 Å². The summed E-state index contributed by atoms with van der Waals surface area (Å²) in [4.78, 5) is 4.36. The van der Waals surface area contributed by atoms with Crippen LogP contribution < -0.4 is 5.32 Å². The molecular weight excluding hydrogens is 456 g/mol. The van der Waals surface area contributed by atoms with Gasteiger partial charge in [0.25, 0.3) is 0 Å². The number of phenols is 1. The lowest BCUT2D eigenvalue weighted by molar-refractivity contribution is -0.0335. The van der Waals surface area contributed by atoms with Crippen molar-refractivity contribution in [2.75, 3.05) is 6.54 Å². The van der Waals surface area contributed by atoms with Crippen LogP contribution in [-0.4, -0.2) is 27.8 Å². The molecule has 3 aliphatic carbocycles. The highest BCUT2D eigenvalue weighted by Gasteiger charge is 2.57. The summed E-state index contributed by atoms with van der Waals surface area (Å²) in [6, 6.07) is 12.1. The van der Waals surface area contributed by atoms with Gasteiger partial charge in [-0.25, -0.2) is 0 Å². The van der Waals surface area contributed by atoms with Crippen LogP contribution in [0, 0.1) is 23.2 Å². The van der Waals surface area contributed by atoms with E-state index in [4.69, 9.17) is 0 Å². The number of pyridine rings is 1. The Morgan fingerprint density at radius 3 is 2.62 bits per heavy atom. The fraction of sp³-hybridized carbons (Fsp3) is 0.667. The Kier molecular flexibility index (Phi) is 8.87. The molecule has 0 spiro atoms. The van der Waals surface area contributed by atoms with Crippen LogP contribution in [0.2, 0.25) is 0 Å². The molecule has 4 heteroatoms. The Morgan fingerprint density at radius 2 is 1.81 bits per heavy atom. The van der Waals surface area contributed by atoms with E-state index in [0.29, 0.717) is 29.4 Å². The van der Waals surface area contributed by atoms with Gasteiger partial charge < -0.3 is 15.5 Å². The maximum absolute atomic E-state index is 11.4. The van der Waals surface area contributed by atoms with Crippen LogP contribution in [0.1, 0.15) is 107 Å². The lowest BCUT2D eigenvalue weighted by Gasteiger charge is -2.50. The van der Waals surface area contributed by atoms with E-state index in [0.717, 1.165) is 31.6 Å². The number of phenolic OH excluding ortho intramolecular Hbond substituents is 1. The normalized spacial score (nSPS) is 30.5. The number of nitrogens with zero attached hydrogens (tertiary/aromatic N) is 1. The first-order chi connectivity index (χ1) is 18.1. The maximum atomic E-state index is 11.4. The lowest BCUT2D eigenvalue weighted by atomic mass is 9.55. The SMILES string of the molecule is C[C@]12CCC3c4ccc(O)cc4CCC3C1C[C@H](CCCCCCCCCNCc1ccccn1)[C@@H]2O. The number of aromatic nitrogens is 1. The van der Waals surface area contributed by atoms with Gasteiger partial charge >= 0.3 is 0 Å². The molecule has 0 saturated heterocycles. The van der Waals surface area contributed by atoms with E-state index in [9.17, 15) is 10.2 Å². The number of aryl methyl sites for hydroxylation is 1. The van der Waals surface area contributed by atoms with Crippen molar-refractivity contribution in [3.8, 4) is 5.75 Å². The summed E-state index contributed by atoms with van der Waals surface area (Å²) in [6.07, 6.45) is 17.9. The minimum absolute atomic E-state index is 0.102. The van der Waals surface area contributed by atoms with Crippen molar-refractivity contribution in [1.82, 2.24) is 10.3 Å². The highest BCUT2D eigenvalue weighted by Crippen LogP contribution is 2.62. The first kappa shape index (κ1) is 26.7. The smallest absolute Gasteiger partial charge is 0.115 e. The van der Waals surface area contributed by atoms with Gasteiger partial charge in [0.1, 0.15) is 5.75 Å². The third-order valence-electron chi connectivity index (χ3n) is 10.3. The number of benzene rings is 1. The maximum Gasteiger partial charge on any atom is 0.115 e. The average Bonchev–Trinajstić information content (AvgIpc) is 3.17. The molecule has 3 N–H and O–H groups in total. The van der Waals surface area contributed by atoms with Gasteiger partial charge in [0, 0.05) is 12.7 Å². The monoisotopic (exact) mass is 504 g/mol. The van der Waals surface area contributed by atoms with Crippen LogP contribution in [0.5, 0.6) is 5.75 Å². The Morgan fingerprint density at radius 1 is 1.00 bits per heavy atom. The molecule has 6 atom stereocenters. The number of aliphatic hydroxyl groups excluding tert-OH is 1. The molecular formula is C33H48N2O2. The molecule has 3 aliphatic rings. The van der Waals surface area contributed by atoms with E-state index in [1.54, 1.807) is 0 Å². The highest BCUT2D eigenvalue weighted by atomic mass is 16.3. The number of nitrogens with one attached hydrogen (secondary N) is 1. The van der Waals surface area contributed by atoms with E-state index >= 15 is 0 Å². The Balaban J connectivity index is 0.985. The molecule has 2 aromatic rings. The molecule has 0 bridgehead atoms. The van der Waals surface area contributed by atoms with Crippen molar-refractivity contribution in [1.29, 1.82) is 0 Å². The molecule has 2 saturated carbocycles. The number of hydrogen-bond donors (Lipinski definition) is 3. The van der Waals surface area contributed by atoms with E-state index < -0.39 is 0 Å². The van der Waals surface area contributed by atoms with Crippen molar-refractivity contribution in [3.63, 3.8) is 0 Å². The van der Waals surface area contributed by atoms with Crippen LogP contribution >= 0.6 is 0 Å². The zero-order valence-corrected chi connectivity index (χ0v) is 22.9. The number of aliphatic hydroxyl groups is 1. The van der Waals surface area contributed by atoms with Gasteiger partial charge in [-0.15, -0.1) is 0 Å². The number of hydrogen-bond acceptors (Lipinski definition) is 4. The molecule has 0 radical (unpaired) electrons. The minimum atomic E-state index is -0.127. The standard InChI is InChI=1S/C33H48N2O2/c1-33-18-17-29-28-16-14-27(36)21-24(28)13-15-30(29)31(33)22-25(32(33)37)11-7-5-3-2-4-6-9-19-34-23-26-12-8-10-20-35-26/h8,10,12,14,16,20-21,25,29-32,34,36-37H,2-7,9,11,13,15,17-19,22-23H2,1H3/t25-,29?,30?,31?,32-,33-/m0/s1. The van der Waals surface area contributed by atoms with Gasteiger partial charge in [-0.3, -0.25) is 4.98 Å². The summed E-state index contributed by atoms with van der Waals surface area (Å²) < 4.78 is 0. The molecule has 1 aromatic carbocycles. The third-order valence-corrected chi connectivity index (χ3v) is 10.3. The van der Waals surface area contributed by atoms with Gasteiger partial charge in [-0.05, 0) is 116 Å². The fourth-order valence-electron chi connectivity index (χ4n) is 8.26. The van der Waals surface area contributed by atoms with E-state index in [1.165, 1.54) is 81.8 Å². The molecule has 37 heavy (non-hydrogen) atoms. The second-order valence-corrected chi connectivity index (χ2v) is 12.5. The molecule has 4 nitrogen and oxygen atoms in total. The van der Waals surface area contributed by atoms with E-state index in [-0.39, 0.29) is 11.5 Å². The molecule has 1 aromatic heterocycles. The van der Waals surface area contributed by atoms with Crippen LogP contribution in [-0.2, 0) is 13.0 Å². The summed E-state index contributed by atoms with van der Waals surface area (Å²) in [6.45, 7) is 4.34. The first-order valence-corrected chi connectivity index (χ1v) is 15.2. The van der Waals surface area contributed by atoms with Gasteiger partial charge in [0.15, 0.2) is 0 Å². The molecule has 0 aliphatic heterocycles. The Hall–Kier alpha value is -1.91. The first-order valence-electron chi connectivity index (χ1n) is 15.2. The second kappa shape index (κ2) is 12.3. The van der Waals surface area contributed by atoms with Gasteiger partial charge in [0.05, 0.1) is 11.8 Å². The summed E-state index contributed by atoms with van der Waals surface area (Å²) in [5.74, 6) is 2.87. The predicted octanol–water partition coefficient (Wildman–Crippen LogP) is 7.14. The zero-order chi connectivity index (χ0) is 25.7. The molecule has 0 amide bonds. The van der Waals surface area contributed by atoms with Gasteiger partial charge in [0.2, 0.25) is 0 Å². The second-order valence-electron chi connectivity index (χ2n) is 12.5. The third kappa shape index (κ3) is 6.06. The summed E-state index contributed by atoms with van der Waals surface area (Å²) in [7, 11) is 0. The lowest BCUT2D eigenvalue weighted by Crippen LogP contribution is -2.44. The summed E-state index contributed by atoms with van der Waals surface area (Å²) >= 11 is 0. The highest BCUT2D eigenvalue weighted by molar-refractivity contribution is 5.40. The topological polar surface area (TPSA) is 65.4 Å². The number of unbranched alkanes of at least 4 members (excludes halogenated alkanes) is 6. The number of aromatic hydroxyl groups is 1. The Bertz CT molecular complexity index is 995. The quantitative estimate of drug-likeness (QED) is 0.269. The van der Waals surface area contributed by atoms with Crippen molar-refractivity contribution in [2.24, 2.45) is 23.2 Å². The molecule has 2 fully saturated rings. The van der Waals surface area contributed by atoms with Crippen LogP contribution in [0.15, 0.2) is 42.6 Å². The van der Waals surface area contributed by atoms with Crippen molar-refractivity contribution in [2.45, 2.75) is 109 Å².